The number of rotatable bonds is 6. The Morgan fingerprint density at radius 3 is 2.86 bits per heavy atom. The van der Waals surface area contributed by atoms with Gasteiger partial charge in [0.15, 0.2) is 4.34 Å². The van der Waals surface area contributed by atoms with Crippen LogP contribution >= 0.6 is 23.1 Å². The minimum absolute atomic E-state index is 0.763. The third-order valence-electron chi connectivity index (χ3n) is 2.94. The highest BCUT2D eigenvalue weighted by Crippen LogP contribution is 2.27. The molecule has 2 heterocycles. The first-order chi connectivity index (χ1) is 10.3. The van der Waals surface area contributed by atoms with Gasteiger partial charge >= 0.3 is 0 Å². The molecule has 0 radical (unpaired) electrons. The van der Waals surface area contributed by atoms with E-state index in [-0.39, 0.29) is 0 Å². The second-order valence-corrected chi connectivity index (χ2v) is 6.66. The zero-order valence-electron chi connectivity index (χ0n) is 11.6. The molecule has 0 spiro atoms. The number of nitrogens with zero attached hydrogens (tertiary/aromatic N) is 4. The first-order valence-corrected chi connectivity index (χ1v) is 8.32. The molecule has 7 heteroatoms. The summed E-state index contributed by atoms with van der Waals surface area (Å²) in [6, 6.07) is 10.3. The summed E-state index contributed by atoms with van der Waals surface area (Å²) in [4.78, 5) is 4.30. The molecule has 0 atom stereocenters. The van der Waals surface area contributed by atoms with E-state index in [0.29, 0.717) is 0 Å². The number of imidazole rings is 1. The summed E-state index contributed by atoms with van der Waals surface area (Å²) in [6.07, 6.45) is 3.76. The molecule has 3 rings (SSSR count). The number of nitrogens with one attached hydrogen (secondary N) is 1. The Labute approximate surface area is 131 Å². The Kier molecular flexibility index (Phi) is 4.52. The van der Waals surface area contributed by atoms with Gasteiger partial charge in [-0.05, 0) is 5.56 Å². The molecule has 0 fully saturated rings. The van der Waals surface area contributed by atoms with Crippen LogP contribution in [0.25, 0.3) is 0 Å². The van der Waals surface area contributed by atoms with E-state index in [0.717, 1.165) is 27.6 Å². The monoisotopic (exact) mass is 317 g/mol. The van der Waals surface area contributed by atoms with Crippen molar-refractivity contribution in [3.8, 4) is 0 Å². The molecule has 108 valence electrons. The van der Waals surface area contributed by atoms with Crippen LogP contribution in [0.15, 0.2) is 47.1 Å². The summed E-state index contributed by atoms with van der Waals surface area (Å²) in [5.41, 5.74) is 1.23. The summed E-state index contributed by atoms with van der Waals surface area (Å²) in [6.45, 7) is 0.763. The zero-order chi connectivity index (χ0) is 14.5. The van der Waals surface area contributed by atoms with Gasteiger partial charge in [0.2, 0.25) is 5.13 Å². The van der Waals surface area contributed by atoms with Crippen LogP contribution in [0.2, 0.25) is 0 Å². The Hall–Kier alpha value is -1.86. The Morgan fingerprint density at radius 1 is 1.24 bits per heavy atom. The van der Waals surface area contributed by atoms with E-state index in [4.69, 9.17) is 0 Å². The summed E-state index contributed by atoms with van der Waals surface area (Å²) < 4.78 is 2.97. The smallest absolute Gasteiger partial charge is 0.206 e. The van der Waals surface area contributed by atoms with E-state index in [1.54, 1.807) is 23.1 Å². The SMILES string of the molecule is Cn1ccnc1CSc1nnc(NCc2ccccc2)s1. The largest absolute Gasteiger partial charge is 0.356 e. The van der Waals surface area contributed by atoms with E-state index < -0.39 is 0 Å². The van der Waals surface area contributed by atoms with Crippen molar-refractivity contribution in [3.63, 3.8) is 0 Å². The van der Waals surface area contributed by atoms with Crippen LogP contribution < -0.4 is 5.32 Å². The number of hydrogen-bond donors (Lipinski definition) is 1. The Morgan fingerprint density at radius 2 is 2.10 bits per heavy atom. The summed E-state index contributed by atoms with van der Waals surface area (Å²) >= 11 is 3.23. The van der Waals surface area contributed by atoms with Crippen molar-refractivity contribution < 1.29 is 0 Å². The van der Waals surface area contributed by atoms with Crippen molar-refractivity contribution in [2.75, 3.05) is 5.32 Å². The molecule has 0 aliphatic heterocycles. The molecule has 0 amide bonds. The van der Waals surface area contributed by atoms with Crippen molar-refractivity contribution in [1.82, 2.24) is 19.7 Å². The maximum Gasteiger partial charge on any atom is 0.206 e. The average Bonchev–Trinajstić information content (AvgIpc) is 3.13. The lowest BCUT2D eigenvalue weighted by atomic mass is 10.2. The molecule has 0 aliphatic carbocycles. The molecular formula is C14H15N5S2. The third kappa shape index (κ3) is 3.83. The van der Waals surface area contributed by atoms with Gasteiger partial charge in [0, 0.05) is 26.0 Å². The quantitative estimate of drug-likeness (QED) is 0.708. The van der Waals surface area contributed by atoms with Gasteiger partial charge < -0.3 is 9.88 Å². The van der Waals surface area contributed by atoms with E-state index in [2.05, 4.69) is 32.6 Å². The lowest BCUT2D eigenvalue weighted by Crippen LogP contribution is -1.98. The van der Waals surface area contributed by atoms with Crippen LogP contribution in [0.3, 0.4) is 0 Å². The molecule has 1 aromatic carbocycles. The van der Waals surface area contributed by atoms with Gasteiger partial charge in [-0.25, -0.2) is 4.98 Å². The minimum atomic E-state index is 0.763. The molecule has 2 aromatic heterocycles. The van der Waals surface area contributed by atoms with Crippen LogP contribution in [0, 0.1) is 0 Å². The Balaban J connectivity index is 1.53. The fraction of sp³-hybridized carbons (Fsp3) is 0.214. The highest BCUT2D eigenvalue weighted by atomic mass is 32.2. The predicted octanol–water partition coefficient (Wildman–Crippen LogP) is 3.18. The number of benzene rings is 1. The number of thioether (sulfide) groups is 1. The molecule has 0 saturated heterocycles. The lowest BCUT2D eigenvalue weighted by molar-refractivity contribution is 0.848. The van der Waals surface area contributed by atoms with Crippen molar-refractivity contribution in [1.29, 1.82) is 0 Å². The van der Waals surface area contributed by atoms with Crippen molar-refractivity contribution in [3.05, 3.63) is 54.1 Å². The molecule has 0 saturated carbocycles. The second kappa shape index (κ2) is 6.73. The molecule has 1 N–H and O–H groups in total. The molecule has 0 unspecified atom stereocenters. The fourth-order valence-corrected chi connectivity index (χ4v) is 3.53. The topological polar surface area (TPSA) is 55.6 Å². The van der Waals surface area contributed by atoms with Crippen molar-refractivity contribution in [2.45, 2.75) is 16.6 Å². The number of hydrogen-bond acceptors (Lipinski definition) is 6. The van der Waals surface area contributed by atoms with E-state index >= 15 is 0 Å². The molecular weight excluding hydrogens is 302 g/mol. The van der Waals surface area contributed by atoms with Crippen LogP contribution in [0.1, 0.15) is 11.4 Å². The standard InChI is InChI=1S/C14H15N5S2/c1-19-8-7-15-12(19)10-20-14-18-17-13(21-14)16-9-11-5-3-2-4-6-11/h2-8H,9-10H2,1H3,(H,16,17). The van der Waals surface area contributed by atoms with Gasteiger partial charge in [-0.15, -0.1) is 10.2 Å². The number of anilines is 1. The summed E-state index contributed by atoms with van der Waals surface area (Å²) in [7, 11) is 2.00. The van der Waals surface area contributed by atoms with E-state index in [1.807, 2.05) is 42.2 Å². The molecule has 0 bridgehead atoms. The second-order valence-electron chi connectivity index (χ2n) is 4.46. The number of aromatic nitrogens is 4. The zero-order valence-corrected chi connectivity index (χ0v) is 13.2. The highest BCUT2D eigenvalue weighted by molar-refractivity contribution is 8.00. The van der Waals surface area contributed by atoms with E-state index in [1.165, 1.54) is 5.56 Å². The summed E-state index contributed by atoms with van der Waals surface area (Å²) in [5, 5.41) is 12.5. The van der Waals surface area contributed by atoms with Gasteiger partial charge in [0.25, 0.3) is 0 Å². The van der Waals surface area contributed by atoms with Crippen molar-refractivity contribution in [2.24, 2.45) is 7.05 Å². The van der Waals surface area contributed by atoms with Gasteiger partial charge in [0.1, 0.15) is 5.82 Å². The van der Waals surface area contributed by atoms with E-state index in [9.17, 15) is 0 Å². The fourth-order valence-electron chi connectivity index (χ4n) is 1.77. The van der Waals surface area contributed by atoms with Crippen LogP contribution in [-0.2, 0) is 19.3 Å². The maximum atomic E-state index is 4.30. The normalized spacial score (nSPS) is 10.7. The maximum absolute atomic E-state index is 4.30. The molecule has 21 heavy (non-hydrogen) atoms. The lowest BCUT2D eigenvalue weighted by Gasteiger charge is -2.01. The average molecular weight is 317 g/mol. The van der Waals surface area contributed by atoms with Gasteiger partial charge in [-0.3, -0.25) is 0 Å². The molecule has 3 aromatic rings. The minimum Gasteiger partial charge on any atom is -0.356 e. The highest BCUT2D eigenvalue weighted by Gasteiger charge is 2.07. The molecule has 0 aliphatic rings. The van der Waals surface area contributed by atoms with Gasteiger partial charge in [0.05, 0.1) is 5.75 Å². The first kappa shape index (κ1) is 14.1. The van der Waals surface area contributed by atoms with Crippen LogP contribution in [0.4, 0.5) is 5.13 Å². The number of aryl methyl sites for hydroxylation is 1. The Bertz CT molecular complexity index is 692. The molecule has 5 nitrogen and oxygen atoms in total. The summed E-state index contributed by atoms with van der Waals surface area (Å²) in [5.74, 6) is 1.84. The van der Waals surface area contributed by atoms with Gasteiger partial charge in [-0.1, -0.05) is 53.4 Å². The van der Waals surface area contributed by atoms with Crippen LogP contribution in [0.5, 0.6) is 0 Å². The first-order valence-electron chi connectivity index (χ1n) is 6.51. The van der Waals surface area contributed by atoms with Crippen LogP contribution in [-0.4, -0.2) is 19.7 Å². The third-order valence-corrected chi connectivity index (χ3v) is 4.95. The van der Waals surface area contributed by atoms with Gasteiger partial charge in [-0.2, -0.15) is 0 Å². The predicted molar refractivity (Wildman–Crippen MR) is 86.4 cm³/mol. The van der Waals surface area contributed by atoms with Crippen molar-refractivity contribution >= 4 is 28.2 Å².